The molecule has 0 aromatic heterocycles. The maximum Gasteiger partial charge on any atom is 0.269 e. The fourth-order valence-corrected chi connectivity index (χ4v) is 4.33. The number of anilines is 1. The number of halogens is 1. The van der Waals surface area contributed by atoms with Gasteiger partial charge in [-0.1, -0.05) is 28.1 Å². The average Bonchev–Trinajstić information content (AvgIpc) is 3.10. The Morgan fingerprint density at radius 3 is 2.84 bits per heavy atom. The van der Waals surface area contributed by atoms with Crippen molar-refractivity contribution in [1.29, 1.82) is 0 Å². The molecule has 6 heteroatoms. The van der Waals surface area contributed by atoms with Crippen molar-refractivity contribution in [3.63, 3.8) is 0 Å². The lowest BCUT2D eigenvalue weighted by Gasteiger charge is -2.37. The molecule has 0 saturated heterocycles. The predicted molar refractivity (Wildman–Crippen MR) is 100 cm³/mol. The molecule has 25 heavy (non-hydrogen) atoms. The van der Waals surface area contributed by atoms with Gasteiger partial charge < -0.3 is 10.1 Å². The molecule has 128 valence electrons. The minimum atomic E-state index is -0.336. The second-order valence-electron chi connectivity index (χ2n) is 6.39. The first kappa shape index (κ1) is 16.1. The van der Waals surface area contributed by atoms with E-state index in [1.54, 1.807) is 19.2 Å². The monoisotopic (exact) mass is 400 g/mol. The topological polar surface area (TPSA) is 64.4 Å². The molecule has 5 nitrogen and oxygen atoms in total. The summed E-state index contributed by atoms with van der Waals surface area (Å²) < 4.78 is 6.57. The van der Waals surface area contributed by atoms with Crippen LogP contribution in [0.15, 0.2) is 53.0 Å². The maximum absolute atomic E-state index is 11.1. The third-order valence-corrected chi connectivity index (χ3v) is 5.58. The molecule has 0 saturated carbocycles. The first-order chi connectivity index (χ1) is 12.1. The van der Waals surface area contributed by atoms with Crippen molar-refractivity contribution in [3.8, 4) is 5.75 Å². The minimum Gasteiger partial charge on any atom is -0.496 e. The summed E-state index contributed by atoms with van der Waals surface area (Å²) in [6.07, 6.45) is 5.27. The number of allylic oxidation sites excluding steroid dienone is 2. The summed E-state index contributed by atoms with van der Waals surface area (Å²) >= 11 is 3.55. The lowest BCUT2D eigenvalue weighted by atomic mass is 9.76. The van der Waals surface area contributed by atoms with Crippen molar-refractivity contribution in [2.24, 2.45) is 5.92 Å². The van der Waals surface area contributed by atoms with Crippen LogP contribution in [0.25, 0.3) is 0 Å². The van der Waals surface area contributed by atoms with E-state index in [4.69, 9.17) is 4.74 Å². The summed E-state index contributed by atoms with van der Waals surface area (Å²) in [4.78, 5) is 10.8. The van der Waals surface area contributed by atoms with Gasteiger partial charge in [0.1, 0.15) is 5.75 Å². The molecule has 0 bridgehead atoms. The Kier molecular flexibility index (Phi) is 4.00. The van der Waals surface area contributed by atoms with Crippen LogP contribution in [0.1, 0.15) is 29.5 Å². The number of nitrogens with zero attached hydrogens (tertiary/aromatic N) is 1. The average molecular weight is 401 g/mol. The molecule has 1 N–H and O–H groups in total. The molecular weight excluding hydrogens is 384 g/mol. The van der Waals surface area contributed by atoms with Crippen LogP contribution in [-0.4, -0.2) is 12.0 Å². The van der Waals surface area contributed by atoms with Crippen LogP contribution in [0.3, 0.4) is 0 Å². The van der Waals surface area contributed by atoms with E-state index >= 15 is 0 Å². The lowest BCUT2D eigenvalue weighted by Crippen LogP contribution is -2.29. The van der Waals surface area contributed by atoms with E-state index in [0.29, 0.717) is 5.92 Å². The zero-order valence-electron chi connectivity index (χ0n) is 13.6. The second kappa shape index (κ2) is 6.19. The van der Waals surface area contributed by atoms with Gasteiger partial charge in [0.2, 0.25) is 0 Å². The molecule has 0 spiro atoms. The van der Waals surface area contributed by atoms with Crippen LogP contribution in [-0.2, 0) is 0 Å². The number of hydrogen-bond acceptors (Lipinski definition) is 4. The molecule has 2 aromatic carbocycles. The largest absolute Gasteiger partial charge is 0.496 e. The van der Waals surface area contributed by atoms with E-state index in [-0.39, 0.29) is 22.6 Å². The molecule has 1 aliphatic heterocycles. The van der Waals surface area contributed by atoms with E-state index < -0.39 is 0 Å². The highest BCUT2D eigenvalue weighted by atomic mass is 79.9. The summed E-state index contributed by atoms with van der Waals surface area (Å²) in [7, 11) is 1.68. The fraction of sp³-hybridized carbons (Fsp3) is 0.263. The third-order valence-electron chi connectivity index (χ3n) is 5.08. The Balaban J connectivity index is 1.81. The van der Waals surface area contributed by atoms with Gasteiger partial charge in [0.15, 0.2) is 0 Å². The van der Waals surface area contributed by atoms with Gasteiger partial charge in [-0.3, -0.25) is 10.1 Å². The summed E-state index contributed by atoms with van der Waals surface area (Å²) in [6.45, 7) is 0. The Labute approximate surface area is 154 Å². The van der Waals surface area contributed by atoms with E-state index in [2.05, 4.69) is 39.5 Å². The van der Waals surface area contributed by atoms with Gasteiger partial charge >= 0.3 is 0 Å². The summed E-state index contributed by atoms with van der Waals surface area (Å²) in [6, 6.07) is 11.2. The Bertz CT molecular complexity index is 881. The molecule has 3 atom stereocenters. The van der Waals surface area contributed by atoms with Gasteiger partial charge in [-0.25, -0.2) is 0 Å². The van der Waals surface area contributed by atoms with Crippen LogP contribution in [0, 0.1) is 16.0 Å². The van der Waals surface area contributed by atoms with E-state index in [1.165, 1.54) is 0 Å². The SMILES string of the molecule is COc1ccc(Br)cc1[C@@H]1Nc2ccc([N+](=O)[O-])cc2[C@H]2C=CC[C@H]21. The summed E-state index contributed by atoms with van der Waals surface area (Å²) in [5.74, 6) is 1.32. The molecule has 0 amide bonds. The number of fused-ring (bicyclic) bond motifs is 3. The van der Waals surface area contributed by atoms with Gasteiger partial charge in [-0.05, 0) is 42.2 Å². The molecule has 2 aromatic rings. The van der Waals surface area contributed by atoms with Gasteiger partial charge in [-0.2, -0.15) is 0 Å². The molecular formula is C19H17BrN2O3. The number of hydrogen-bond donors (Lipinski definition) is 1. The third kappa shape index (κ3) is 2.70. The standard InChI is InChI=1S/C19H17BrN2O3/c1-25-18-8-5-11(20)9-16(18)19-14-4-2-3-13(14)15-10-12(22(23)24)6-7-17(15)21-19/h2-3,5-10,13-14,19,21H,4H2,1H3/t13-,14+,19+/m0/s1. The Hall–Kier alpha value is -2.34. The highest BCUT2D eigenvalue weighted by molar-refractivity contribution is 9.10. The number of nitro benzene ring substituents is 1. The lowest BCUT2D eigenvalue weighted by molar-refractivity contribution is -0.384. The van der Waals surface area contributed by atoms with E-state index in [1.807, 2.05) is 18.2 Å². The van der Waals surface area contributed by atoms with Crippen molar-refractivity contribution in [1.82, 2.24) is 0 Å². The van der Waals surface area contributed by atoms with Crippen molar-refractivity contribution in [2.45, 2.75) is 18.4 Å². The van der Waals surface area contributed by atoms with E-state index in [0.717, 1.165) is 33.5 Å². The van der Waals surface area contributed by atoms with Crippen LogP contribution in [0.5, 0.6) is 5.75 Å². The minimum absolute atomic E-state index is 0.0846. The highest BCUT2D eigenvalue weighted by Crippen LogP contribution is 2.51. The summed E-state index contributed by atoms with van der Waals surface area (Å²) in [5, 5.41) is 14.7. The highest BCUT2D eigenvalue weighted by Gasteiger charge is 2.39. The number of ether oxygens (including phenoxy) is 1. The van der Waals surface area contributed by atoms with Gasteiger partial charge in [0, 0.05) is 33.8 Å². The number of rotatable bonds is 3. The molecule has 0 unspecified atom stereocenters. The van der Waals surface area contributed by atoms with Crippen LogP contribution in [0.2, 0.25) is 0 Å². The van der Waals surface area contributed by atoms with Crippen LogP contribution in [0.4, 0.5) is 11.4 Å². The predicted octanol–water partition coefficient (Wildman–Crippen LogP) is 5.19. The fourth-order valence-electron chi connectivity index (χ4n) is 3.95. The van der Waals surface area contributed by atoms with Gasteiger partial charge in [-0.15, -0.1) is 0 Å². The maximum atomic E-state index is 11.1. The van der Waals surface area contributed by atoms with Crippen molar-refractivity contribution < 1.29 is 9.66 Å². The first-order valence-electron chi connectivity index (χ1n) is 8.13. The van der Waals surface area contributed by atoms with Crippen LogP contribution < -0.4 is 10.1 Å². The van der Waals surface area contributed by atoms with Crippen LogP contribution >= 0.6 is 15.9 Å². The summed E-state index contributed by atoms with van der Waals surface area (Å²) in [5.41, 5.74) is 3.18. The number of methoxy groups -OCH3 is 1. The second-order valence-corrected chi connectivity index (χ2v) is 7.31. The number of benzene rings is 2. The molecule has 0 radical (unpaired) electrons. The normalized spacial score (nSPS) is 23.5. The van der Waals surface area contributed by atoms with Crippen molar-refractivity contribution >= 4 is 27.3 Å². The first-order valence-corrected chi connectivity index (χ1v) is 8.93. The Morgan fingerprint density at radius 1 is 1.24 bits per heavy atom. The van der Waals surface area contributed by atoms with Gasteiger partial charge in [0.25, 0.3) is 5.69 Å². The van der Waals surface area contributed by atoms with E-state index in [9.17, 15) is 10.1 Å². The molecule has 4 rings (SSSR count). The number of nitrogens with one attached hydrogen (secondary N) is 1. The molecule has 1 aliphatic carbocycles. The smallest absolute Gasteiger partial charge is 0.269 e. The number of non-ortho nitro benzene ring substituents is 1. The molecule has 2 aliphatic rings. The molecule has 1 heterocycles. The van der Waals surface area contributed by atoms with Gasteiger partial charge in [0.05, 0.1) is 18.1 Å². The molecule has 0 fully saturated rings. The zero-order chi connectivity index (χ0) is 17.6. The van der Waals surface area contributed by atoms with Crippen molar-refractivity contribution in [2.75, 3.05) is 12.4 Å². The quantitative estimate of drug-likeness (QED) is 0.437. The van der Waals surface area contributed by atoms with Crippen molar-refractivity contribution in [3.05, 3.63) is 74.3 Å². The number of nitro groups is 1. The Morgan fingerprint density at radius 2 is 2.08 bits per heavy atom. The zero-order valence-corrected chi connectivity index (χ0v) is 15.2.